The fraction of sp³-hybridized carbons (Fsp3) is 0.276. The van der Waals surface area contributed by atoms with Crippen molar-refractivity contribution in [2.75, 3.05) is 13.6 Å². The molecule has 1 aliphatic heterocycles. The van der Waals surface area contributed by atoms with E-state index in [9.17, 15) is 14.4 Å². The molecule has 0 spiro atoms. The van der Waals surface area contributed by atoms with Gasteiger partial charge >= 0.3 is 0 Å². The Morgan fingerprint density at radius 3 is 2.57 bits per heavy atom. The molecular weight excluding hydrogens is 438 g/mol. The summed E-state index contributed by atoms with van der Waals surface area (Å²) in [4.78, 5) is 39.7. The van der Waals surface area contributed by atoms with Crippen molar-refractivity contribution in [1.82, 2.24) is 15.5 Å². The van der Waals surface area contributed by atoms with Crippen molar-refractivity contribution in [3.63, 3.8) is 0 Å². The SMILES string of the molecule is CN(C(=O)c1ccccc1)[C@@H](/C=C/C(=O)NC1CCCCNC1=O)Cc1ccc2ccccc2c1. The number of hydrogen-bond acceptors (Lipinski definition) is 3. The van der Waals surface area contributed by atoms with E-state index in [2.05, 4.69) is 41.0 Å². The van der Waals surface area contributed by atoms with Gasteiger partial charge in [0.15, 0.2) is 0 Å². The van der Waals surface area contributed by atoms with Gasteiger partial charge in [-0.3, -0.25) is 14.4 Å². The molecule has 0 aliphatic carbocycles. The monoisotopic (exact) mass is 469 g/mol. The molecule has 2 atom stereocenters. The molecule has 180 valence electrons. The van der Waals surface area contributed by atoms with Crippen LogP contribution in [0.5, 0.6) is 0 Å². The van der Waals surface area contributed by atoms with Gasteiger partial charge in [0.1, 0.15) is 6.04 Å². The summed E-state index contributed by atoms with van der Waals surface area (Å²) in [5.41, 5.74) is 1.65. The van der Waals surface area contributed by atoms with E-state index in [0.717, 1.165) is 29.2 Å². The van der Waals surface area contributed by atoms with E-state index in [1.807, 2.05) is 30.3 Å². The number of likely N-dealkylation sites (N-methyl/N-ethyl adjacent to an activating group) is 1. The van der Waals surface area contributed by atoms with E-state index in [4.69, 9.17) is 0 Å². The van der Waals surface area contributed by atoms with Gasteiger partial charge in [0, 0.05) is 25.2 Å². The van der Waals surface area contributed by atoms with Crippen LogP contribution in [-0.2, 0) is 16.0 Å². The first-order chi connectivity index (χ1) is 17.0. The van der Waals surface area contributed by atoms with Crippen LogP contribution in [0.4, 0.5) is 0 Å². The number of benzene rings is 3. The predicted molar refractivity (Wildman–Crippen MR) is 138 cm³/mol. The standard InChI is InChI=1S/C29H31N3O3/c1-32(29(35)23-10-3-2-4-11-23)25(20-21-14-15-22-9-5-6-12-24(22)19-21)16-17-27(33)31-26-13-7-8-18-30-28(26)34/h2-6,9-12,14-17,19,25-26H,7-8,13,18,20H2,1H3,(H,30,34)(H,31,33)/b17-16+/t25-,26?/m0/s1. The second-order valence-corrected chi connectivity index (χ2v) is 8.94. The molecule has 1 aliphatic rings. The molecule has 6 heteroatoms. The summed E-state index contributed by atoms with van der Waals surface area (Å²) in [6, 6.07) is 22.6. The second-order valence-electron chi connectivity index (χ2n) is 8.94. The Morgan fingerprint density at radius 2 is 1.77 bits per heavy atom. The lowest BCUT2D eigenvalue weighted by Crippen LogP contribution is -2.45. The molecule has 3 amide bonds. The van der Waals surface area contributed by atoms with Crippen molar-refractivity contribution in [2.45, 2.75) is 37.8 Å². The average molecular weight is 470 g/mol. The van der Waals surface area contributed by atoms with E-state index in [0.29, 0.717) is 24.9 Å². The van der Waals surface area contributed by atoms with Crippen LogP contribution in [-0.4, -0.2) is 48.3 Å². The Kier molecular flexibility index (Phi) is 7.93. The van der Waals surface area contributed by atoms with E-state index in [1.54, 1.807) is 30.2 Å². The lowest BCUT2D eigenvalue weighted by Gasteiger charge is -2.26. The van der Waals surface area contributed by atoms with E-state index in [-0.39, 0.29) is 23.8 Å². The summed E-state index contributed by atoms with van der Waals surface area (Å²) in [7, 11) is 1.75. The Morgan fingerprint density at radius 1 is 1.03 bits per heavy atom. The number of rotatable bonds is 7. The number of hydrogen-bond donors (Lipinski definition) is 2. The third-order valence-corrected chi connectivity index (χ3v) is 6.42. The highest BCUT2D eigenvalue weighted by atomic mass is 16.2. The number of nitrogens with one attached hydrogen (secondary N) is 2. The van der Waals surface area contributed by atoms with Crippen LogP contribution in [0.1, 0.15) is 35.2 Å². The Balaban J connectivity index is 1.54. The Labute approximate surface area is 206 Å². The summed E-state index contributed by atoms with van der Waals surface area (Å²) >= 11 is 0. The van der Waals surface area contributed by atoms with Crippen LogP contribution in [0.15, 0.2) is 84.9 Å². The fourth-order valence-electron chi connectivity index (χ4n) is 4.37. The first-order valence-electron chi connectivity index (χ1n) is 12.1. The van der Waals surface area contributed by atoms with E-state index < -0.39 is 6.04 Å². The first kappa shape index (κ1) is 24.2. The van der Waals surface area contributed by atoms with E-state index >= 15 is 0 Å². The summed E-state index contributed by atoms with van der Waals surface area (Å²) < 4.78 is 0. The molecule has 0 bridgehead atoms. The maximum Gasteiger partial charge on any atom is 0.254 e. The number of fused-ring (bicyclic) bond motifs is 1. The van der Waals surface area contributed by atoms with Crippen molar-refractivity contribution >= 4 is 28.5 Å². The van der Waals surface area contributed by atoms with Gasteiger partial charge in [0.2, 0.25) is 11.8 Å². The molecular formula is C29H31N3O3. The van der Waals surface area contributed by atoms with Crippen molar-refractivity contribution in [3.8, 4) is 0 Å². The van der Waals surface area contributed by atoms with Crippen molar-refractivity contribution in [1.29, 1.82) is 0 Å². The lowest BCUT2D eigenvalue weighted by molar-refractivity contribution is -0.126. The summed E-state index contributed by atoms with van der Waals surface area (Å²) in [6.07, 6.45) is 6.16. The van der Waals surface area contributed by atoms with Crippen LogP contribution in [0.3, 0.4) is 0 Å². The highest BCUT2D eigenvalue weighted by molar-refractivity contribution is 5.95. The summed E-state index contributed by atoms with van der Waals surface area (Å²) in [6.45, 7) is 0.640. The largest absolute Gasteiger partial charge is 0.354 e. The van der Waals surface area contributed by atoms with Crippen LogP contribution < -0.4 is 10.6 Å². The zero-order chi connectivity index (χ0) is 24.6. The molecule has 4 rings (SSSR count). The van der Waals surface area contributed by atoms with Crippen LogP contribution in [0.25, 0.3) is 10.8 Å². The highest BCUT2D eigenvalue weighted by Crippen LogP contribution is 2.19. The second kappa shape index (κ2) is 11.5. The third kappa shape index (κ3) is 6.35. The number of carbonyl (C=O) groups is 3. The first-order valence-corrected chi connectivity index (χ1v) is 12.1. The van der Waals surface area contributed by atoms with Gasteiger partial charge in [-0.1, -0.05) is 66.7 Å². The molecule has 3 aromatic carbocycles. The van der Waals surface area contributed by atoms with Gasteiger partial charge in [-0.05, 0) is 54.2 Å². The minimum absolute atomic E-state index is 0.121. The van der Waals surface area contributed by atoms with Gasteiger partial charge in [-0.2, -0.15) is 0 Å². The number of amides is 3. The molecule has 2 N–H and O–H groups in total. The smallest absolute Gasteiger partial charge is 0.254 e. The number of carbonyl (C=O) groups excluding carboxylic acids is 3. The average Bonchev–Trinajstić information content (AvgIpc) is 3.09. The predicted octanol–water partition coefficient (Wildman–Crippen LogP) is 3.86. The van der Waals surface area contributed by atoms with Crippen LogP contribution >= 0.6 is 0 Å². The minimum atomic E-state index is -0.530. The maximum atomic E-state index is 13.2. The maximum absolute atomic E-state index is 13.2. The molecule has 1 unspecified atom stereocenters. The molecule has 0 radical (unpaired) electrons. The van der Waals surface area contributed by atoms with Gasteiger partial charge in [-0.15, -0.1) is 0 Å². The molecule has 1 saturated heterocycles. The van der Waals surface area contributed by atoms with Gasteiger partial charge < -0.3 is 15.5 Å². The highest BCUT2D eigenvalue weighted by Gasteiger charge is 2.23. The van der Waals surface area contributed by atoms with Crippen LogP contribution in [0.2, 0.25) is 0 Å². The molecule has 0 saturated carbocycles. The lowest BCUT2D eigenvalue weighted by atomic mass is 10.00. The zero-order valence-corrected chi connectivity index (χ0v) is 19.9. The minimum Gasteiger partial charge on any atom is -0.354 e. The molecule has 0 aromatic heterocycles. The summed E-state index contributed by atoms with van der Waals surface area (Å²) in [5, 5.41) is 7.92. The molecule has 3 aromatic rings. The van der Waals surface area contributed by atoms with Crippen LogP contribution in [0, 0.1) is 0 Å². The molecule has 35 heavy (non-hydrogen) atoms. The molecule has 1 heterocycles. The summed E-state index contributed by atoms with van der Waals surface area (Å²) in [5.74, 6) is -0.603. The fourth-order valence-corrected chi connectivity index (χ4v) is 4.37. The van der Waals surface area contributed by atoms with Crippen molar-refractivity contribution in [3.05, 3.63) is 96.1 Å². The Bertz CT molecular complexity index is 1220. The Hall–Kier alpha value is -3.93. The zero-order valence-electron chi connectivity index (χ0n) is 19.9. The van der Waals surface area contributed by atoms with Crippen molar-refractivity contribution < 1.29 is 14.4 Å². The molecule has 1 fully saturated rings. The number of nitrogens with zero attached hydrogens (tertiary/aromatic N) is 1. The van der Waals surface area contributed by atoms with Crippen molar-refractivity contribution in [2.24, 2.45) is 0 Å². The normalized spacial score (nSPS) is 16.9. The third-order valence-electron chi connectivity index (χ3n) is 6.42. The quantitative estimate of drug-likeness (QED) is 0.516. The van der Waals surface area contributed by atoms with E-state index in [1.165, 1.54) is 6.08 Å². The van der Waals surface area contributed by atoms with Gasteiger partial charge in [0.25, 0.3) is 5.91 Å². The topological polar surface area (TPSA) is 78.5 Å². The van der Waals surface area contributed by atoms with Gasteiger partial charge in [0.05, 0.1) is 6.04 Å². The molecule has 6 nitrogen and oxygen atoms in total. The van der Waals surface area contributed by atoms with Gasteiger partial charge in [-0.25, -0.2) is 0 Å².